The van der Waals surface area contributed by atoms with Crippen molar-refractivity contribution in [2.45, 2.75) is 64.6 Å². The van der Waals surface area contributed by atoms with Gasteiger partial charge in [0.05, 0.1) is 13.2 Å². The van der Waals surface area contributed by atoms with Gasteiger partial charge in [0.25, 0.3) is 0 Å². The SMILES string of the molecule is CC(C)Cn1nc(C(=O)O)c2c1CCC(N1CCC(N3CCOCC3)CC1)C2. The molecule has 2 fully saturated rings. The van der Waals surface area contributed by atoms with Crippen molar-refractivity contribution in [1.82, 2.24) is 19.6 Å². The molecule has 28 heavy (non-hydrogen) atoms. The van der Waals surface area contributed by atoms with Crippen LogP contribution in [0.3, 0.4) is 0 Å². The molecule has 4 rings (SSSR count). The lowest BCUT2D eigenvalue weighted by Crippen LogP contribution is -2.51. The summed E-state index contributed by atoms with van der Waals surface area (Å²) in [5.74, 6) is -0.423. The molecule has 2 saturated heterocycles. The number of hydrogen-bond donors (Lipinski definition) is 1. The van der Waals surface area contributed by atoms with Crippen molar-refractivity contribution >= 4 is 5.97 Å². The van der Waals surface area contributed by atoms with Crippen LogP contribution in [0, 0.1) is 5.92 Å². The zero-order valence-corrected chi connectivity index (χ0v) is 17.3. The highest BCUT2D eigenvalue weighted by Crippen LogP contribution is 2.30. The third-order valence-electron chi connectivity index (χ3n) is 6.64. The summed E-state index contributed by atoms with van der Waals surface area (Å²) in [5, 5.41) is 14.1. The van der Waals surface area contributed by atoms with Gasteiger partial charge in [0.1, 0.15) is 0 Å². The molecule has 1 aromatic rings. The predicted octanol–water partition coefficient (Wildman–Crippen LogP) is 1.89. The van der Waals surface area contributed by atoms with Gasteiger partial charge in [-0.25, -0.2) is 4.79 Å². The van der Waals surface area contributed by atoms with E-state index in [1.165, 1.54) is 12.8 Å². The Labute approximate surface area is 167 Å². The van der Waals surface area contributed by atoms with Crippen LogP contribution >= 0.6 is 0 Å². The fourth-order valence-electron chi connectivity index (χ4n) is 5.21. The first-order chi connectivity index (χ1) is 13.5. The van der Waals surface area contributed by atoms with Gasteiger partial charge in [-0.2, -0.15) is 5.10 Å². The van der Waals surface area contributed by atoms with E-state index in [0.717, 1.165) is 76.5 Å². The largest absolute Gasteiger partial charge is 0.476 e. The normalized spacial score (nSPS) is 25.2. The molecule has 3 aliphatic rings. The van der Waals surface area contributed by atoms with Gasteiger partial charge in [0.15, 0.2) is 5.69 Å². The minimum absolute atomic E-state index is 0.281. The Hall–Kier alpha value is -1.44. The van der Waals surface area contributed by atoms with Crippen LogP contribution in [-0.2, 0) is 24.1 Å². The number of hydrogen-bond acceptors (Lipinski definition) is 5. The number of ether oxygens (including phenoxy) is 1. The summed E-state index contributed by atoms with van der Waals surface area (Å²) in [7, 11) is 0. The molecule has 0 saturated carbocycles. The summed E-state index contributed by atoms with van der Waals surface area (Å²) in [6.07, 6.45) is 5.30. The van der Waals surface area contributed by atoms with Crippen LogP contribution in [0.1, 0.15) is 54.9 Å². The van der Waals surface area contributed by atoms with Crippen LogP contribution in [-0.4, -0.2) is 82.1 Å². The molecule has 1 N–H and O–H groups in total. The number of rotatable bonds is 5. The second-order valence-electron chi connectivity index (χ2n) is 8.97. The highest BCUT2D eigenvalue weighted by atomic mass is 16.5. The fourth-order valence-corrected chi connectivity index (χ4v) is 5.21. The summed E-state index contributed by atoms with van der Waals surface area (Å²) in [5.41, 5.74) is 2.42. The van der Waals surface area contributed by atoms with Crippen molar-refractivity contribution in [3.8, 4) is 0 Å². The molecule has 1 aromatic heterocycles. The van der Waals surface area contributed by atoms with Crippen molar-refractivity contribution in [2.75, 3.05) is 39.4 Å². The van der Waals surface area contributed by atoms with Gasteiger partial charge in [0, 0.05) is 43.0 Å². The Kier molecular flexibility index (Phi) is 6.04. The first-order valence-electron chi connectivity index (χ1n) is 10.9. The molecule has 1 atom stereocenters. The molecule has 156 valence electrons. The summed E-state index contributed by atoms with van der Waals surface area (Å²) in [6, 6.07) is 1.13. The van der Waals surface area contributed by atoms with E-state index in [4.69, 9.17) is 4.74 Å². The lowest BCUT2D eigenvalue weighted by atomic mass is 9.88. The average molecular weight is 391 g/mol. The number of likely N-dealkylation sites (tertiary alicyclic amines) is 1. The van der Waals surface area contributed by atoms with Crippen molar-refractivity contribution in [2.24, 2.45) is 5.92 Å². The molecule has 0 bridgehead atoms. The third kappa shape index (κ3) is 4.11. The number of aromatic carboxylic acids is 1. The molecule has 0 aromatic carbocycles. The van der Waals surface area contributed by atoms with Gasteiger partial charge in [-0.05, 0) is 51.1 Å². The highest BCUT2D eigenvalue weighted by molar-refractivity contribution is 5.87. The number of aromatic nitrogens is 2. The van der Waals surface area contributed by atoms with Crippen molar-refractivity contribution in [3.05, 3.63) is 17.0 Å². The van der Waals surface area contributed by atoms with Gasteiger partial charge in [-0.3, -0.25) is 14.5 Å². The Balaban J connectivity index is 1.41. The Bertz CT molecular complexity index is 688. The Morgan fingerprint density at radius 3 is 2.43 bits per heavy atom. The lowest BCUT2D eigenvalue weighted by Gasteiger charge is -2.43. The van der Waals surface area contributed by atoms with E-state index in [1.54, 1.807) is 0 Å². The van der Waals surface area contributed by atoms with E-state index < -0.39 is 5.97 Å². The predicted molar refractivity (Wildman–Crippen MR) is 107 cm³/mol. The van der Waals surface area contributed by atoms with Crippen molar-refractivity contribution < 1.29 is 14.6 Å². The third-order valence-corrected chi connectivity index (χ3v) is 6.64. The van der Waals surface area contributed by atoms with Gasteiger partial charge in [-0.1, -0.05) is 13.8 Å². The number of carbonyl (C=O) groups is 1. The molecule has 1 aliphatic carbocycles. The lowest BCUT2D eigenvalue weighted by molar-refractivity contribution is -0.00399. The molecule has 0 radical (unpaired) electrons. The number of carboxylic acid groups (broad SMARTS) is 1. The molecule has 1 unspecified atom stereocenters. The van der Waals surface area contributed by atoms with Crippen molar-refractivity contribution in [3.63, 3.8) is 0 Å². The standard InChI is InChI=1S/C21H34N4O3/c1-15(2)14-25-19-4-3-17(13-18(19)20(22-25)21(26)27)23-7-5-16(6-8-23)24-9-11-28-12-10-24/h15-17H,3-14H2,1-2H3,(H,26,27). The summed E-state index contributed by atoms with van der Waals surface area (Å²) in [6.45, 7) is 11.2. The van der Waals surface area contributed by atoms with E-state index in [1.807, 2.05) is 4.68 Å². The second kappa shape index (κ2) is 8.51. The summed E-state index contributed by atoms with van der Waals surface area (Å²) < 4.78 is 7.45. The zero-order chi connectivity index (χ0) is 19.7. The molecule has 7 nitrogen and oxygen atoms in total. The Morgan fingerprint density at radius 1 is 1.11 bits per heavy atom. The first kappa shape index (κ1) is 19.9. The first-order valence-corrected chi connectivity index (χ1v) is 10.9. The Morgan fingerprint density at radius 2 is 1.79 bits per heavy atom. The molecular weight excluding hydrogens is 356 g/mol. The topological polar surface area (TPSA) is 70.8 Å². The number of morpholine rings is 1. The second-order valence-corrected chi connectivity index (χ2v) is 8.97. The van der Waals surface area contributed by atoms with E-state index in [2.05, 4.69) is 28.7 Å². The fraction of sp³-hybridized carbons (Fsp3) is 0.810. The van der Waals surface area contributed by atoms with Crippen LogP contribution in [0.15, 0.2) is 0 Å². The molecule has 2 aliphatic heterocycles. The van der Waals surface area contributed by atoms with Gasteiger partial charge in [-0.15, -0.1) is 0 Å². The maximum absolute atomic E-state index is 11.8. The number of piperidine rings is 1. The van der Waals surface area contributed by atoms with E-state index in [-0.39, 0.29) is 5.69 Å². The van der Waals surface area contributed by atoms with Crippen LogP contribution in [0.25, 0.3) is 0 Å². The van der Waals surface area contributed by atoms with Crippen LogP contribution in [0.2, 0.25) is 0 Å². The number of fused-ring (bicyclic) bond motifs is 1. The van der Waals surface area contributed by atoms with Crippen LogP contribution < -0.4 is 0 Å². The molecule has 0 spiro atoms. The van der Waals surface area contributed by atoms with Gasteiger partial charge < -0.3 is 9.84 Å². The molecule has 7 heteroatoms. The molecule has 3 heterocycles. The van der Waals surface area contributed by atoms with E-state index >= 15 is 0 Å². The minimum atomic E-state index is -0.884. The quantitative estimate of drug-likeness (QED) is 0.828. The van der Waals surface area contributed by atoms with Gasteiger partial charge in [0.2, 0.25) is 0 Å². The maximum atomic E-state index is 11.8. The molecule has 0 amide bonds. The van der Waals surface area contributed by atoms with Crippen LogP contribution in [0.5, 0.6) is 0 Å². The summed E-state index contributed by atoms with van der Waals surface area (Å²) in [4.78, 5) is 17.0. The zero-order valence-electron chi connectivity index (χ0n) is 17.3. The maximum Gasteiger partial charge on any atom is 0.356 e. The van der Waals surface area contributed by atoms with Crippen LogP contribution in [0.4, 0.5) is 0 Å². The summed E-state index contributed by atoms with van der Waals surface area (Å²) >= 11 is 0. The van der Waals surface area contributed by atoms with E-state index in [9.17, 15) is 9.90 Å². The average Bonchev–Trinajstić information content (AvgIpc) is 3.06. The smallest absolute Gasteiger partial charge is 0.356 e. The number of carboxylic acids is 1. The van der Waals surface area contributed by atoms with Crippen molar-refractivity contribution in [1.29, 1.82) is 0 Å². The number of nitrogens with zero attached hydrogens (tertiary/aromatic N) is 4. The van der Waals surface area contributed by atoms with E-state index in [0.29, 0.717) is 18.0 Å². The monoisotopic (exact) mass is 390 g/mol. The minimum Gasteiger partial charge on any atom is -0.476 e. The molecular formula is C21H34N4O3. The highest BCUT2D eigenvalue weighted by Gasteiger charge is 2.34. The van der Waals surface area contributed by atoms with Gasteiger partial charge >= 0.3 is 5.97 Å².